The third kappa shape index (κ3) is 294. The standard InChI is InChI=1S/C4H6O2.2C4H8.CO2.I3.I2.Mg.2H/c1-3(2)4(5)6;2*1-4(2)3;2-1-3;1-3-2;1-2;;;/h1H2,2H3,(H,5,6);2*1H2,2-3H3;;;;;;/q;;;;-1;;+2;2*-1. The first-order valence-corrected chi connectivity index (χ1v) is 23.9. The zero-order valence-electron chi connectivity index (χ0n) is 15.9. The van der Waals surface area contributed by atoms with E-state index in [0.717, 1.165) is 0 Å². The van der Waals surface area contributed by atoms with Crippen LogP contribution in [0.3, 0.4) is 0 Å². The van der Waals surface area contributed by atoms with Crippen LogP contribution in [-0.2, 0) is 14.4 Å². The van der Waals surface area contributed by atoms with Crippen molar-refractivity contribution in [3.8, 4) is 0 Å². The van der Waals surface area contributed by atoms with Crippen molar-refractivity contribution >= 4 is 110 Å². The van der Waals surface area contributed by atoms with Crippen LogP contribution in [0.15, 0.2) is 36.5 Å². The molecule has 10 heteroatoms. The predicted molar refractivity (Wildman–Crippen MR) is 132 cm³/mol. The second kappa shape index (κ2) is 49.7. The monoisotopic (exact) mass is 903 g/mol. The second-order valence-electron chi connectivity index (χ2n) is 3.64. The largest absolute Gasteiger partial charge is 2.00 e. The molecule has 0 fully saturated rings. The fraction of sp³-hybridized carbons (Fsp3) is 0.385. The van der Waals surface area contributed by atoms with Gasteiger partial charge in [-0.25, -0.2) is 4.79 Å². The Morgan fingerprint density at radius 2 is 1.00 bits per heavy atom. The van der Waals surface area contributed by atoms with Crippen LogP contribution < -0.4 is 13.3 Å². The van der Waals surface area contributed by atoms with Gasteiger partial charge in [0.25, 0.3) is 0 Å². The maximum atomic E-state index is 9.60. The summed E-state index contributed by atoms with van der Waals surface area (Å²) in [5.74, 6) is -0.935. The van der Waals surface area contributed by atoms with Gasteiger partial charge in [-0.05, 0) is 34.6 Å². The van der Waals surface area contributed by atoms with Gasteiger partial charge in [-0.1, -0.05) is 17.7 Å². The number of halogens is 5. The predicted octanol–water partition coefficient (Wildman–Crippen LogP) is 3.62. The molecular formula is C13H24I5MgO4-. The maximum absolute atomic E-state index is 9.60. The molecule has 4 nitrogen and oxygen atoms in total. The number of allylic oxidation sites excluding steroid dienone is 2. The molecule has 0 aromatic heterocycles. The Morgan fingerprint density at radius 3 is 1.00 bits per heavy atom. The van der Waals surface area contributed by atoms with Crippen LogP contribution in [0.5, 0.6) is 0 Å². The van der Waals surface area contributed by atoms with Crippen molar-refractivity contribution in [1.82, 2.24) is 0 Å². The van der Waals surface area contributed by atoms with E-state index in [1.54, 1.807) is 0 Å². The van der Waals surface area contributed by atoms with Crippen molar-refractivity contribution in [2.24, 2.45) is 0 Å². The molecule has 0 rings (SSSR count). The first-order valence-electron chi connectivity index (χ1n) is 5.08. The van der Waals surface area contributed by atoms with Crippen LogP contribution >= 0.6 is 74.5 Å². The molecule has 0 amide bonds. The summed E-state index contributed by atoms with van der Waals surface area (Å²) in [7, 11) is 0. The summed E-state index contributed by atoms with van der Waals surface area (Å²) in [5.41, 5.74) is 2.51. The molecule has 0 spiro atoms. The quantitative estimate of drug-likeness (QED) is 0.189. The van der Waals surface area contributed by atoms with Gasteiger partial charge in [0.2, 0.25) is 0 Å². The van der Waals surface area contributed by atoms with Gasteiger partial charge < -0.3 is 7.96 Å². The first-order chi connectivity index (χ1) is 9.94. The smallest absolute Gasteiger partial charge is 1.00 e. The molecule has 0 aromatic carbocycles. The Labute approximate surface area is 212 Å². The van der Waals surface area contributed by atoms with E-state index in [1.165, 1.54) is 18.1 Å². The minimum atomic E-state index is -0.935. The van der Waals surface area contributed by atoms with Gasteiger partial charge in [0.05, 0.1) is 0 Å². The van der Waals surface area contributed by atoms with E-state index in [-0.39, 0.29) is 37.6 Å². The van der Waals surface area contributed by atoms with Crippen molar-refractivity contribution in [3.05, 3.63) is 36.5 Å². The molecule has 0 bridgehead atoms. The number of carboxylic acids is 1. The Morgan fingerprint density at radius 1 is 0.957 bits per heavy atom. The maximum Gasteiger partial charge on any atom is 2.00 e. The Kier molecular flexibility index (Phi) is 96.6. The van der Waals surface area contributed by atoms with Crippen molar-refractivity contribution in [3.63, 3.8) is 0 Å². The molecule has 0 atom stereocenters. The second-order valence-corrected chi connectivity index (χ2v) is 19.9. The van der Waals surface area contributed by atoms with E-state index in [9.17, 15) is 4.79 Å². The molecule has 23 heavy (non-hydrogen) atoms. The summed E-state index contributed by atoms with van der Waals surface area (Å²) < 4.78 is 0. The SMILES string of the molecule is C=C(C)C.C=C(C)C.C=C(C)C(=O)O.II.I[I-]I.O=C=O.[H-].[H-].[Mg+2]. The third-order valence-corrected chi connectivity index (χ3v) is 0.365. The minimum absolute atomic E-state index is 0. The van der Waals surface area contributed by atoms with Gasteiger partial charge in [-0.3, -0.25) is 0 Å². The molecule has 0 saturated carbocycles. The number of carbonyl (C=O) groups is 1. The zero-order valence-corrected chi connectivity index (χ0v) is 26.1. The van der Waals surface area contributed by atoms with E-state index in [2.05, 4.69) is 94.2 Å². The summed E-state index contributed by atoms with van der Waals surface area (Å²) in [6.07, 6.45) is 0.250. The summed E-state index contributed by atoms with van der Waals surface area (Å²) in [4.78, 5) is 25.8. The fourth-order valence-corrected chi connectivity index (χ4v) is 0. The minimum Gasteiger partial charge on any atom is -1.00 e. The Balaban J connectivity index is -0.0000000177. The Bertz CT molecular complexity index is 296. The molecular weight excluding hydrogens is 879 g/mol. The van der Waals surface area contributed by atoms with Gasteiger partial charge in [0.1, 0.15) is 0 Å². The van der Waals surface area contributed by atoms with Crippen LogP contribution in [0.1, 0.15) is 37.5 Å². The molecule has 0 radical (unpaired) electrons. The molecule has 0 saturated heterocycles. The number of carboxylic acid groups (broad SMARTS) is 1. The summed E-state index contributed by atoms with van der Waals surface area (Å²) in [6, 6.07) is 0. The molecule has 0 aliphatic heterocycles. The van der Waals surface area contributed by atoms with Crippen molar-refractivity contribution in [2.45, 2.75) is 34.6 Å². The average molecular weight is 903 g/mol. The fourth-order valence-electron chi connectivity index (χ4n) is 0. The van der Waals surface area contributed by atoms with Gasteiger partial charge in [-0.15, -0.1) is 13.2 Å². The summed E-state index contributed by atoms with van der Waals surface area (Å²) in [6.45, 7) is 19.6. The van der Waals surface area contributed by atoms with E-state index >= 15 is 0 Å². The normalized spacial score (nSPS) is 5.78. The topological polar surface area (TPSA) is 71.4 Å². The number of rotatable bonds is 1. The van der Waals surface area contributed by atoms with Crippen molar-refractivity contribution < 1.29 is 35.6 Å². The van der Waals surface area contributed by atoms with Gasteiger partial charge in [-0.2, -0.15) is 9.59 Å². The molecule has 0 unspecified atom stereocenters. The Hall–Kier alpha value is 2.49. The van der Waals surface area contributed by atoms with Crippen LogP contribution in [0.25, 0.3) is 0 Å². The van der Waals surface area contributed by atoms with E-state index < -0.39 is 5.97 Å². The molecule has 0 aromatic rings. The van der Waals surface area contributed by atoms with E-state index in [4.69, 9.17) is 14.7 Å². The van der Waals surface area contributed by atoms with E-state index in [0.29, 0.717) is 13.3 Å². The van der Waals surface area contributed by atoms with Gasteiger partial charge >= 0.3 is 85.7 Å². The molecule has 0 aliphatic carbocycles. The first kappa shape index (κ1) is 44.7. The van der Waals surface area contributed by atoms with Crippen LogP contribution in [0.4, 0.5) is 0 Å². The van der Waals surface area contributed by atoms with Crippen molar-refractivity contribution in [2.75, 3.05) is 0 Å². The van der Waals surface area contributed by atoms with E-state index in [1.807, 2.05) is 27.7 Å². The number of hydrogen-bond donors (Lipinski definition) is 1. The number of hydrogen-bond acceptors (Lipinski definition) is 3. The molecule has 138 valence electrons. The van der Waals surface area contributed by atoms with Crippen molar-refractivity contribution in [1.29, 1.82) is 0 Å². The van der Waals surface area contributed by atoms with Crippen LogP contribution in [0, 0.1) is 0 Å². The zero-order chi connectivity index (χ0) is 19.7. The van der Waals surface area contributed by atoms with Gasteiger partial charge in [0, 0.05) is 42.8 Å². The number of aliphatic carboxylic acids is 1. The summed E-state index contributed by atoms with van der Waals surface area (Å²) in [5, 5.41) is 7.89. The molecule has 1 N–H and O–H groups in total. The molecule has 0 heterocycles. The third-order valence-electron chi connectivity index (χ3n) is 0.365. The number of carbonyl (C=O) groups excluding carboxylic acids is 2. The molecule has 0 aliphatic rings. The van der Waals surface area contributed by atoms with Crippen LogP contribution in [0.2, 0.25) is 0 Å². The van der Waals surface area contributed by atoms with Gasteiger partial charge in [0.15, 0.2) is 0 Å². The average Bonchev–Trinajstić information content (AvgIpc) is 2.31. The van der Waals surface area contributed by atoms with Crippen LogP contribution in [-0.4, -0.2) is 40.3 Å². The summed E-state index contributed by atoms with van der Waals surface area (Å²) >= 11 is 9.54.